The number of rotatable bonds is 3. The molecule has 0 amide bonds. The van der Waals surface area contributed by atoms with E-state index in [2.05, 4.69) is 18.7 Å². The summed E-state index contributed by atoms with van der Waals surface area (Å²) >= 11 is 0. The van der Waals surface area contributed by atoms with Crippen LogP contribution in [0.2, 0.25) is 0 Å². The third-order valence-electron chi connectivity index (χ3n) is 6.69. The fourth-order valence-electron chi connectivity index (χ4n) is 4.88. The Kier molecular flexibility index (Phi) is 4.15. The van der Waals surface area contributed by atoms with Crippen molar-refractivity contribution in [2.24, 2.45) is 5.92 Å². The van der Waals surface area contributed by atoms with E-state index < -0.39 is 0 Å². The van der Waals surface area contributed by atoms with Crippen LogP contribution in [0.5, 0.6) is 0 Å². The summed E-state index contributed by atoms with van der Waals surface area (Å²) in [7, 11) is 0. The third kappa shape index (κ3) is 2.89. The summed E-state index contributed by atoms with van der Waals surface area (Å²) in [6.07, 6.45) is 3.00. The molecule has 2 aliphatic rings. The van der Waals surface area contributed by atoms with Gasteiger partial charge in [0.05, 0.1) is 0 Å². The Bertz CT molecular complexity index is 770. The van der Waals surface area contributed by atoms with E-state index in [0.29, 0.717) is 12.0 Å². The summed E-state index contributed by atoms with van der Waals surface area (Å²) in [5.74, 6) is 0.204. The van der Waals surface area contributed by atoms with Crippen LogP contribution in [0, 0.1) is 17.6 Å². The number of halogens is 2. The highest BCUT2D eigenvalue weighted by molar-refractivity contribution is 5.40. The molecule has 0 saturated carbocycles. The summed E-state index contributed by atoms with van der Waals surface area (Å²) in [5, 5.41) is 0. The van der Waals surface area contributed by atoms with E-state index in [1.165, 1.54) is 28.8 Å². The van der Waals surface area contributed by atoms with Gasteiger partial charge >= 0.3 is 0 Å². The molecule has 132 valence electrons. The Hall–Kier alpha value is -1.74. The molecule has 2 aromatic rings. The van der Waals surface area contributed by atoms with Gasteiger partial charge in [0.15, 0.2) is 0 Å². The van der Waals surface area contributed by atoms with Gasteiger partial charge in [-0.25, -0.2) is 8.78 Å². The van der Waals surface area contributed by atoms with Gasteiger partial charge in [-0.1, -0.05) is 32.0 Å². The molecular weight excluding hydrogens is 316 g/mol. The summed E-state index contributed by atoms with van der Waals surface area (Å²) in [6, 6.07) is 12.7. The SMILES string of the molecule is CC1C2Cc3ccc(F)cc3C1(C)CCN2CCc1ccc(F)cc1. The highest BCUT2D eigenvalue weighted by atomic mass is 19.1. The molecule has 2 aromatic carbocycles. The van der Waals surface area contributed by atoms with Gasteiger partial charge in [0.1, 0.15) is 11.6 Å². The first kappa shape index (κ1) is 16.7. The van der Waals surface area contributed by atoms with Gasteiger partial charge in [0.2, 0.25) is 0 Å². The van der Waals surface area contributed by atoms with E-state index in [9.17, 15) is 8.78 Å². The average Bonchev–Trinajstić information content (AvgIpc) is 2.60. The maximum Gasteiger partial charge on any atom is 0.123 e. The van der Waals surface area contributed by atoms with Gasteiger partial charge in [0.25, 0.3) is 0 Å². The second-order valence-corrected chi connectivity index (χ2v) is 7.94. The van der Waals surface area contributed by atoms with Gasteiger partial charge < -0.3 is 0 Å². The molecule has 0 N–H and O–H groups in total. The van der Waals surface area contributed by atoms with Crippen molar-refractivity contribution in [1.29, 1.82) is 0 Å². The fraction of sp³-hybridized carbons (Fsp3) is 0.455. The molecule has 4 rings (SSSR count). The molecule has 25 heavy (non-hydrogen) atoms. The molecule has 2 bridgehead atoms. The number of fused-ring (bicyclic) bond motifs is 4. The largest absolute Gasteiger partial charge is 0.299 e. The lowest BCUT2D eigenvalue weighted by atomic mass is 9.59. The van der Waals surface area contributed by atoms with E-state index in [-0.39, 0.29) is 17.0 Å². The molecule has 1 nitrogen and oxygen atoms in total. The highest BCUT2D eigenvalue weighted by Crippen LogP contribution is 2.48. The Balaban J connectivity index is 1.55. The average molecular weight is 341 g/mol. The van der Waals surface area contributed by atoms with E-state index in [0.717, 1.165) is 32.4 Å². The maximum absolute atomic E-state index is 13.8. The molecular formula is C22H25F2N. The fourth-order valence-corrected chi connectivity index (χ4v) is 4.88. The molecule has 0 radical (unpaired) electrons. The third-order valence-corrected chi connectivity index (χ3v) is 6.69. The predicted molar refractivity (Wildman–Crippen MR) is 96.7 cm³/mol. The van der Waals surface area contributed by atoms with Crippen molar-refractivity contribution >= 4 is 0 Å². The van der Waals surface area contributed by atoms with Crippen molar-refractivity contribution in [1.82, 2.24) is 4.90 Å². The number of likely N-dealkylation sites (tertiary alicyclic amines) is 1. The summed E-state index contributed by atoms with van der Waals surface area (Å²) in [5.41, 5.74) is 3.76. The molecule has 0 spiro atoms. The first-order chi connectivity index (χ1) is 12.0. The molecule has 0 aromatic heterocycles. The molecule has 3 unspecified atom stereocenters. The maximum atomic E-state index is 13.8. The van der Waals surface area contributed by atoms with Crippen LogP contribution >= 0.6 is 0 Å². The molecule has 1 heterocycles. The smallest absolute Gasteiger partial charge is 0.123 e. The summed E-state index contributed by atoms with van der Waals surface area (Å²) < 4.78 is 26.9. The molecule has 1 fully saturated rings. The van der Waals surface area contributed by atoms with Crippen LogP contribution in [-0.4, -0.2) is 24.0 Å². The number of benzene rings is 2. The Labute approximate surface area is 148 Å². The summed E-state index contributed by atoms with van der Waals surface area (Å²) in [4.78, 5) is 2.59. The Morgan fingerprint density at radius 3 is 2.56 bits per heavy atom. The second kappa shape index (κ2) is 6.21. The second-order valence-electron chi connectivity index (χ2n) is 7.94. The lowest BCUT2D eigenvalue weighted by molar-refractivity contribution is 0.0321. The zero-order valence-electron chi connectivity index (χ0n) is 14.9. The monoisotopic (exact) mass is 341 g/mol. The van der Waals surface area contributed by atoms with Crippen LogP contribution in [0.25, 0.3) is 0 Å². The quantitative estimate of drug-likeness (QED) is 0.780. The minimum Gasteiger partial charge on any atom is -0.299 e. The van der Waals surface area contributed by atoms with Crippen molar-refractivity contribution < 1.29 is 8.78 Å². The van der Waals surface area contributed by atoms with E-state index in [4.69, 9.17) is 0 Å². The number of hydrogen-bond donors (Lipinski definition) is 0. The van der Waals surface area contributed by atoms with Crippen LogP contribution in [-0.2, 0) is 18.3 Å². The molecule has 1 saturated heterocycles. The van der Waals surface area contributed by atoms with Crippen LogP contribution in [0.1, 0.15) is 37.0 Å². The molecule has 3 atom stereocenters. The standard InChI is InChI=1S/C22H25F2N/c1-15-21-13-17-5-8-19(24)14-20(17)22(15,2)10-12-25(21)11-9-16-3-6-18(23)7-4-16/h3-8,14-15,21H,9-13H2,1-2H3. The van der Waals surface area contributed by atoms with Crippen molar-refractivity contribution in [3.8, 4) is 0 Å². The van der Waals surface area contributed by atoms with Crippen LogP contribution in [0.15, 0.2) is 42.5 Å². The zero-order valence-corrected chi connectivity index (χ0v) is 14.9. The predicted octanol–water partition coefficient (Wildman–Crippen LogP) is 4.73. The number of nitrogens with zero attached hydrogens (tertiary/aromatic N) is 1. The van der Waals surface area contributed by atoms with Gasteiger partial charge in [-0.05, 0) is 78.1 Å². The van der Waals surface area contributed by atoms with Crippen molar-refractivity contribution in [3.05, 3.63) is 70.8 Å². The molecule has 3 heteroatoms. The number of piperidine rings is 1. The Morgan fingerprint density at radius 2 is 1.80 bits per heavy atom. The van der Waals surface area contributed by atoms with Gasteiger partial charge in [-0.15, -0.1) is 0 Å². The lowest BCUT2D eigenvalue weighted by Crippen LogP contribution is -2.58. The van der Waals surface area contributed by atoms with Gasteiger partial charge in [-0.3, -0.25) is 4.90 Å². The number of hydrogen-bond acceptors (Lipinski definition) is 1. The van der Waals surface area contributed by atoms with E-state index in [1.54, 1.807) is 12.1 Å². The van der Waals surface area contributed by atoms with E-state index >= 15 is 0 Å². The van der Waals surface area contributed by atoms with Crippen LogP contribution in [0.4, 0.5) is 8.78 Å². The van der Waals surface area contributed by atoms with E-state index in [1.807, 2.05) is 18.2 Å². The topological polar surface area (TPSA) is 3.24 Å². The molecule has 1 aliphatic carbocycles. The first-order valence-electron chi connectivity index (χ1n) is 9.25. The normalized spacial score (nSPS) is 28.6. The van der Waals surface area contributed by atoms with Crippen LogP contribution < -0.4 is 0 Å². The molecule has 1 aliphatic heterocycles. The lowest BCUT2D eigenvalue weighted by Gasteiger charge is -2.54. The van der Waals surface area contributed by atoms with Gasteiger partial charge in [-0.2, -0.15) is 0 Å². The van der Waals surface area contributed by atoms with Gasteiger partial charge in [0, 0.05) is 12.6 Å². The van der Waals surface area contributed by atoms with Crippen molar-refractivity contribution in [3.63, 3.8) is 0 Å². The zero-order chi connectivity index (χ0) is 17.6. The van der Waals surface area contributed by atoms with Crippen LogP contribution in [0.3, 0.4) is 0 Å². The Morgan fingerprint density at radius 1 is 1.08 bits per heavy atom. The van der Waals surface area contributed by atoms with Crippen molar-refractivity contribution in [2.45, 2.75) is 44.6 Å². The minimum atomic E-state index is -0.178. The highest BCUT2D eigenvalue weighted by Gasteiger charge is 2.48. The van der Waals surface area contributed by atoms with Crippen molar-refractivity contribution in [2.75, 3.05) is 13.1 Å². The minimum absolute atomic E-state index is 0.0622. The first-order valence-corrected chi connectivity index (χ1v) is 9.25. The summed E-state index contributed by atoms with van der Waals surface area (Å²) in [6.45, 7) is 6.66.